The van der Waals surface area contributed by atoms with Crippen LogP contribution >= 0.6 is 11.6 Å². The van der Waals surface area contributed by atoms with E-state index in [-0.39, 0.29) is 0 Å². The van der Waals surface area contributed by atoms with Gasteiger partial charge in [0, 0.05) is 24.7 Å². The van der Waals surface area contributed by atoms with E-state index in [0.29, 0.717) is 0 Å². The number of halogens is 1. The summed E-state index contributed by atoms with van der Waals surface area (Å²) in [6.07, 6.45) is 1.06. The minimum atomic E-state index is 0.824. The van der Waals surface area contributed by atoms with Gasteiger partial charge in [0.05, 0.1) is 0 Å². The summed E-state index contributed by atoms with van der Waals surface area (Å²) in [6, 6.07) is 8.08. The van der Waals surface area contributed by atoms with Crippen molar-refractivity contribution in [2.24, 2.45) is 0 Å². The lowest BCUT2D eigenvalue weighted by Crippen LogP contribution is -2.29. The molecule has 0 spiro atoms. The highest BCUT2D eigenvalue weighted by atomic mass is 35.5. The fourth-order valence-corrected chi connectivity index (χ4v) is 1.64. The number of hydrogen-bond acceptors (Lipinski definition) is 2. The second-order valence-corrected chi connectivity index (χ2v) is 4.22. The highest BCUT2D eigenvalue weighted by Gasteiger charge is 1.99. The highest BCUT2D eigenvalue weighted by Crippen LogP contribution is 2.11. The largest absolute Gasteiger partial charge is 0.318 e. The smallest absolute Gasteiger partial charge is 0.0408 e. The summed E-state index contributed by atoms with van der Waals surface area (Å²) in [5, 5.41) is 3.97. The molecule has 0 saturated carbocycles. The maximum atomic E-state index is 5.92. The van der Waals surface area contributed by atoms with E-state index in [1.807, 2.05) is 25.2 Å². The Morgan fingerprint density at radius 3 is 2.80 bits per heavy atom. The zero-order chi connectivity index (χ0) is 11.1. The first-order valence-electron chi connectivity index (χ1n) is 5.30. The SMILES string of the molecule is CNCCN(C)CCc1cccc(Cl)c1. The molecule has 0 heterocycles. The molecule has 1 aromatic carbocycles. The van der Waals surface area contributed by atoms with E-state index >= 15 is 0 Å². The lowest BCUT2D eigenvalue weighted by atomic mass is 10.1. The Morgan fingerprint density at radius 2 is 2.13 bits per heavy atom. The Bertz CT molecular complexity index is 289. The normalized spacial score (nSPS) is 10.9. The van der Waals surface area contributed by atoms with Gasteiger partial charge in [-0.3, -0.25) is 0 Å². The lowest BCUT2D eigenvalue weighted by Gasteiger charge is -2.16. The molecule has 0 aliphatic heterocycles. The van der Waals surface area contributed by atoms with Crippen molar-refractivity contribution >= 4 is 11.6 Å². The van der Waals surface area contributed by atoms with Crippen LogP contribution in [0.5, 0.6) is 0 Å². The molecule has 1 N–H and O–H groups in total. The van der Waals surface area contributed by atoms with Gasteiger partial charge in [0.25, 0.3) is 0 Å². The summed E-state index contributed by atoms with van der Waals surface area (Å²) < 4.78 is 0. The topological polar surface area (TPSA) is 15.3 Å². The monoisotopic (exact) mass is 226 g/mol. The zero-order valence-corrected chi connectivity index (χ0v) is 10.2. The molecule has 0 aliphatic rings. The number of likely N-dealkylation sites (N-methyl/N-ethyl adjacent to an activating group) is 2. The van der Waals surface area contributed by atoms with Gasteiger partial charge in [0.15, 0.2) is 0 Å². The van der Waals surface area contributed by atoms with Crippen LogP contribution in [0.1, 0.15) is 5.56 Å². The van der Waals surface area contributed by atoms with Crippen LogP contribution in [0.3, 0.4) is 0 Å². The van der Waals surface area contributed by atoms with Crippen molar-refractivity contribution in [1.82, 2.24) is 10.2 Å². The molecule has 1 aromatic rings. The maximum absolute atomic E-state index is 5.92. The predicted molar refractivity (Wildman–Crippen MR) is 66.6 cm³/mol. The summed E-state index contributed by atoms with van der Waals surface area (Å²) in [6.45, 7) is 3.19. The van der Waals surface area contributed by atoms with Crippen molar-refractivity contribution in [3.05, 3.63) is 34.9 Å². The molecular weight excluding hydrogens is 208 g/mol. The Balaban J connectivity index is 2.30. The molecule has 0 unspecified atom stereocenters. The molecule has 15 heavy (non-hydrogen) atoms. The van der Waals surface area contributed by atoms with Crippen LogP contribution in [-0.4, -0.2) is 38.6 Å². The predicted octanol–water partition coefficient (Wildman–Crippen LogP) is 2.03. The number of hydrogen-bond donors (Lipinski definition) is 1. The van der Waals surface area contributed by atoms with Crippen molar-refractivity contribution in [2.45, 2.75) is 6.42 Å². The van der Waals surface area contributed by atoms with E-state index in [2.05, 4.69) is 23.3 Å². The van der Waals surface area contributed by atoms with Crippen LogP contribution in [0, 0.1) is 0 Å². The molecule has 0 aliphatic carbocycles. The van der Waals surface area contributed by atoms with E-state index in [0.717, 1.165) is 31.1 Å². The first-order chi connectivity index (χ1) is 7.22. The van der Waals surface area contributed by atoms with Crippen LogP contribution < -0.4 is 5.32 Å². The van der Waals surface area contributed by atoms with Crippen LogP contribution in [0.25, 0.3) is 0 Å². The third-order valence-electron chi connectivity index (χ3n) is 2.41. The Labute approximate surface area is 97.2 Å². The van der Waals surface area contributed by atoms with Crippen molar-refractivity contribution < 1.29 is 0 Å². The van der Waals surface area contributed by atoms with Crippen LogP contribution in [-0.2, 0) is 6.42 Å². The van der Waals surface area contributed by atoms with E-state index in [1.54, 1.807) is 0 Å². The summed E-state index contributed by atoms with van der Waals surface area (Å²) in [5.41, 5.74) is 1.30. The van der Waals surface area contributed by atoms with Gasteiger partial charge in [0.1, 0.15) is 0 Å². The number of benzene rings is 1. The highest BCUT2D eigenvalue weighted by molar-refractivity contribution is 6.30. The molecule has 0 radical (unpaired) electrons. The molecule has 84 valence electrons. The summed E-state index contributed by atoms with van der Waals surface area (Å²) in [5.74, 6) is 0. The minimum Gasteiger partial charge on any atom is -0.318 e. The molecule has 0 aromatic heterocycles. The fraction of sp³-hybridized carbons (Fsp3) is 0.500. The van der Waals surface area contributed by atoms with Crippen molar-refractivity contribution in [3.63, 3.8) is 0 Å². The van der Waals surface area contributed by atoms with Gasteiger partial charge < -0.3 is 10.2 Å². The molecule has 3 heteroatoms. The molecule has 0 bridgehead atoms. The maximum Gasteiger partial charge on any atom is 0.0408 e. The number of rotatable bonds is 6. The third-order valence-corrected chi connectivity index (χ3v) is 2.65. The Kier molecular flexibility index (Phi) is 5.69. The molecule has 0 fully saturated rings. The van der Waals surface area contributed by atoms with Gasteiger partial charge in [-0.1, -0.05) is 23.7 Å². The van der Waals surface area contributed by atoms with Gasteiger partial charge in [-0.2, -0.15) is 0 Å². The van der Waals surface area contributed by atoms with Crippen LogP contribution in [0.4, 0.5) is 0 Å². The molecule has 0 saturated heterocycles. The molecular formula is C12H19ClN2. The van der Waals surface area contributed by atoms with Gasteiger partial charge in [-0.15, -0.1) is 0 Å². The minimum absolute atomic E-state index is 0.824. The molecule has 0 amide bonds. The van der Waals surface area contributed by atoms with Crippen molar-refractivity contribution in [1.29, 1.82) is 0 Å². The summed E-state index contributed by atoms with van der Waals surface area (Å²) in [7, 11) is 4.12. The first-order valence-corrected chi connectivity index (χ1v) is 5.68. The van der Waals surface area contributed by atoms with Crippen LogP contribution in [0.15, 0.2) is 24.3 Å². The van der Waals surface area contributed by atoms with Crippen LogP contribution in [0.2, 0.25) is 5.02 Å². The van der Waals surface area contributed by atoms with Gasteiger partial charge in [-0.05, 0) is 38.2 Å². The lowest BCUT2D eigenvalue weighted by molar-refractivity contribution is 0.339. The van der Waals surface area contributed by atoms with E-state index in [9.17, 15) is 0 Å². The summed E-state index contributed by atoms with van der Waals surface area (Å²) in [4.78, 5) is 2.32. The second-order valence-electron chi connectivity index (χ2n) is 3.79. The van der Waals surface area contributed by atoms with Gasteiger partial charge in [-0.25, -0.2) is 0 Å². The van der Waals surface area contributed by atoms with Gasteiger partial charge in [0.2, 0.25) is 0 Å². The average Bonchev–Trinajstić information content (AvgIpc) is 2.23. The van der Waals surface area contributed by atoms with E-state index in [1.165, 1.54) is 5.56 Å². The Hall–Kier alpha value is -0.570. The molecule has 0 atom stereocenters. The molecule has 1 rings (SSSR count). The third kappa shape index (κ3) is 5.17. The number of nitrogens with zero attached hydrogens (tertiary/aromatic N) is 1. The fourth-order valence-electron chi connectivity index (χ4n) is 1.43. The summed E-state index contributed by atoms with van der Waals surface area (Å²) >= 11 is 5.92. The quantitative estimate of drug-likeness (QED) is 0.799. The second kappa shape index (κ2) is 6.83. The van der Waals surface area contributed by atoms with E-state index in [4.69, 9.17) is 11.6 Å². The van der Waals surface area contributed by atoms with Gasteiger partial charge >= 0.3 is 0 Å². The molecule has 2 nitrogen and oxygen atoms in total. The Morgan fingerprint density at radius 1 is 1.33 bits per heavy atom. The van der Waals surface area contributed by atoms with Crippen molar-refractivity contribution in [2.75, 3.05) is 33.7 Å². The first kappa shape index (κ1) is 12.5. The van der Waals surface area contributed by atoms with E-state index < -0.39 is 0 Å². The zero-order valence-electron chi connectivity index (χ0n) is 9.46. The number of nitrogens with one attached hydrogen (secondary N) is 1. The van der Waals surface area contributed by atoms with Crippen molar-refractivity contribution in [3.8, 4) is 0 Å². The standard InChI is InChI=1S/C12H19ClN2/c1-14-7-9-15(2)8-6-11-4-3-5-12(13)10-11/h3-5,10,14H,6-9H2,1-2H3. The average molecular weight is 227 g/mol.